The molecule has 2 heterocycles. The van der Waals surface area contributed by atoms with Gasteiger partial charge in [0.15, 0.2) is 0 Å². The molecule has 1 atom stereocenters. The number of halogens is 1. The second kappa shape index (κ2) is 9.46. The van der Waals surface area contributed by atoms with Gasteiger partial charge >= 0.3 is 6.09 Å². The predicted molar refractivity (Wildman–Crippen MR) is 128 cm³/mol. The molecule has 1 aliphatic heterocycles. The third-order valence-electron chi connectivity index (χ3n) is 7.04. The highest BCUT2D eigenvalue weighted by Crippen LogP contribution is 2.28. The maximum atomic E-state index is 13.2. The zero-order chi connectivity index (χ0) is 23.7. The number of nitrogens with one attached hydrogen (secondary N) is 2. The molecule has 5 rings (SSSR count). The van der Waals surface area contributed by atoms with Crippen molar-refractivity contribution in [1.82, 2.24) is 15.2 Å². The van der Waals surface area contributed by atoms with Crippen LogP contribution in [0.25, 0.3) is 22.0 Å². The summed E-state index contributed by atoms with van der Waals surface area (Å²) in [6.07, 6.45) is 3.74. The summed E-state index contributed by atoms with van der Waals surface area (Å²) in [5.74, 6) is -0.371. The lowest BCUT2D eigenvalue weighted by atomic mass is 9.92. The van der Waals surface area contributed by atoms with E-state index in [0.717, 1.165) is 67.2 Å². The van der Waals surface area contributed by atoms with E-state index in [1.807, 2.05) is 24.3 Å². The molecule has 2 aliphatic rings. The topological polar surface area (TPSA) is 100 Å². The first-order valence-corrected chi connectivity index (χ1v) is 11.8. The normalized spacial score (nSPS) is 23.1. The lowest BCUT2D eigenvalue weighted by Crippen LogP contribution is -2.42. The highest BCUT2D eigenvalue weighted by molar-refractivity contribution is 5.99. The van der Waals surface area contributed by atoms with Gasteiger partial charge in [-0.3, -0.25) is 9.69 Å². The second-order valence-electron chi connectivity index (χ2n) is 9.31. The van der Waals surface area contributed by atoms with Gasteiger partial charge in [0.1, 0.15) is 17.6 Å². The number of ether oxygens (including phenoxy) is 1. The Morgan fingerprint density at radius 3 is 2.47 bits per heavy atom. The molecule has 2 amide bonds. The summed E-state index contributed by atoms with van der Waals surface area (Å²) in [4.78, 5) is 29.6. The molecule has 0 bridgehead atoms. The molecule has 0 spiro atoms. The van der Waals surface area contributed by atoms with Crippen LogP contribution in [0.1, 0.15) is 42.6 Å². The third kappa shape index (κ3) is 4.92. The average molecular weight is 465 g/mol. The molecule has 8 heteroatoms. The van der Waals surface area contributed by atoms with Crippen molar-refractivity contribution in [2.24, 2.45) is 5.73 Å². The number of nitrogens with zero attached hydrogens (tertiary/aromatic N) is 1. The van der Waals surface area contributed by atoms with Crippen LogP contribution in [0.15, 0.2) is 48.5 Å². The van der Waals surface area contributed by atoms with Crippen molar-refractivity contribution >= 4 is 22.9 Å². The first-order valence-electron chi connectivity index (χ1n) is 11.8. The van der Waals surface area contributed by atoms with Gasteiger partial charge in [-0.05, 0) is 67.5 Å². The number of nitrogens with two attached hydrogens (primary N) is 1. The van der Waals surface area contributed by atoms with E-state index in [0.29, 0.717) is 11.7 Å². The number of carbonyl (C=O) groups excluding carboxylic acids is 2. The zero-order valence-corrected chi connectivity index (χ0v) is 18.9. The van der Waals surface area contributed by atoms with E-state index in [1.54, 1.807) is 12.1 Å². The molecule has 1 aromatic heterocycles. The predicted octanol–water partition coefficient (Wildman–Crippen LogP) is 4.18. The number of hydrogen-bond donors (Lipinski definition) is 3. The summed E-state index contributed by atoms with van der Waals surface area (Å²) in [5, 5.41) is 4.13. The summed E-state index contributed by atoms with van der Waals surface area (Å²) in [6.45, 7) is 1.78. The first-order chi connectivity index (χ1) is 16.4. The molecular weight excluding hydrogens is 435 g/mol. The van der Waals surface area contributed by atoms with Gasteiger partial charge in [-0.1, -0.05) is 24.3 Å². The number of fused-ring (bicyclic) bond motifs is 1. The molecule has 7 nitrogen and oxygen atoms in total. The summed E-state index contributed by atoms with van der Waals surface area (Å²) in [5.41, 5.74) is 8.42. The van der Waals surface area contributed by atoms with E-state index >= 15 is 0 Å². The number of aromatic nitrogens is 1. The number of primary amides is 1. The number of hydrogen-bond acceptors (Lipinski definition) is 4. The fourth-order valence-corrected chi connectivity index (χ4v) is 5.26. The highest BCUT2D eigenvalue weighted by atomic mass is 19.1. The van der Waals surface area contributed by atoms with E-state index in [9.17, 15) is 14.0 Å². The number of likely N-dealkylation sites (tertiary alicyclic amines) is 1. The van der Waals surface area contributed by atoms with Crippen LogP contribution in [0, 0.1) is 5.82 Å². The lowest BCUT2D eigenvalue weighted by Gasteiger charge is -2.34. The van der Waals surface area contributed by atoms with Crippen molar-refractivity contribution in [1.29, 1.82) is 0 Å². The summed E-state index contributed by atoms with van der Waals surface area (Å²) in [6, 6.07) is 14.7. The third-order valence-corrected chi connectivity index (χ3v) is 7.04. The number of rotatable bonds is 5. The number of H-pyrrole nitrogens is 1. The molecule has 4 N–H and O–H groups in total. The van der Waals surface area contributed by atoms with Crippen LogP contribution in [0.4, 0.5) is 9.18 Å². The molecule has 1 saturated carbocycles. The van der Waals surface area contributed by atoms with Gasteiger partial charge in [0.25, 0.3) is 5.91 Å². The molecule has 1 unspecified atom stereocenters. The SMILES string of the molecule is NC(=O)OC1CCC(N2CCC(NC(=O)c3cc4ccc(-c5ccc(F)cc5)cc4[nH]3)C2)CC1. The molecule has 2 aromatic carbocycles. The van der Waals surface area contributed by atoms with Gasteiger partial charge < -0.3 is 20.8 Å². The molecule has 34 heavy (non-hydrogen) atoms. The molecule has 1 saturated heterocycles. The summed E-state index contributed by atoms with van der Waals surface area (Å²) < 4.78 is 18.4. The van der Waals surface area contributed by atoms with Crippen molar-refractivity contribution in [3.8, 4) is 11.1 Å². The Bertz CT molecular complexity index is 1180. The van der Waals surface area contributed by atoms with Gasteiger partial charge in [0.2, 0.25) is 0 Å². The second-order valence-corrected chi connectivity index (χ2v) is 9.31. The van der Waals surface area contributed by atoms with E-state index < -0.39 is 6.09 Å². The maximum Gasteiger partial charge on any atom is 0.404 e. The van der Waals surface area contributed by atoms with Gasteiger partial charge in [-0.25, -0.2) is 9.18 Å². The Balaban J connectivity index is 1.18. The first kappa shape index (κ1) is 22.4. The van der Waals surface area contributed by atoms with Crippen LogP contribution in [0.5, 0.6) is 0 Å². The van der Waals surface area contributed by atoms with Crippen LogP contribution >= 0.6 is 0 Å². The molecule has 2 fully saturated rings. The van der Waals surface area contributed by atoms with E-state index in [1.165, 1.54) is 12.1 Å². The fraction of sp³-hybridized carbons (Fsp3) is 0.385. The van der Waals surface area contributed by atoms with Gasteiger partial charge in [-0.15, -0.1) is 0 Å². The minimum absolute atomic E-state index is 0.0718. The number of aromatic amines is 1. The van der Waals surface area contributed by atoms with Crippen molar-refractivity contribution in [3.05, 3.63) is 60.0 Å². The van der Waals surface area contributed by atoms with Gasteiger partial charge in [-0.2, -0.15) is 0 Å². The Kier molecular flexibility index (Phi) is 6.24. The minimum atomic E-state index is -0.698. The number of carbonyl (C=O) groups is 2. The minimum Gasteiger partial charge on any atom is -0.446 e. The van der Waals surface area contributed by atoms with Crippen LogP contribution in [0.2, 0.25) is 0 Å². The number of benzene rings is 2. The highest BCUT2D eigenvalue weighted by Gasteiger charge is 2.32. The van der Waals surface area contributed by atoms with Crippen molar-refractivity contribution in [3.63, 3.8) is 0 Å². The molecule has 1 aliphatic carbocycles. The lowest BCUT2D eigenvalue weighted by molar-refractivity contribution is 0.0576. The Hall–Kier alpha value is -3.39. The smallest absolute Gasteiger partial charge is 0.404 e. The quantitative estimate of drug-likeness (QED) is 0.527. The van der Waals surface area contributed by atoms with Crippen molar-refractivity contribution in [2.45, 2.75) is 50.3 Å². The molecule has 3 aromatic rings. The van der Waals surface area contributed by atoms with Gasteiger partial charge in [0.05, 0.1) is 0 Å². The Labute approximate surface area is 197 Å². The molecular formula is C26H29FN4O3. The molecule has 178 valence electrons. The fourth-order valence-electron chi connectivity index (χ4n) is 5.26. The largest absolute Gasteiger partial charge is 0.446 e. The van der Waals surface area contributed by atoms with Crippen LogP contribution < -0.4 is 11.1 Å². The number of amides is 2. The standard InChI is InChI=1S/C26H29FN4O3/c27-19-5-3-16(4-6-19)17-1-2-18-14-24(30-23(18)13-17)25(32)29-20-11-12-31(15-20)21-7-9-22(10-8-21)34-26(28)33/h1-6,13-14,20-22,30H,7-12,15H2,(H2,28,33)(H,29,32). The Morgan fingerprint density at radius 1 is 1.00 bits per heavy atom. The van der Waals surface area contributed by atoms with Crippen LogP contribution in [-0.4, -0.2) is 53.2 Å². The van der Waals surface area contributed by atoms with Crippen molar-refractivity contribution in [2.75, 3.05) is 13.1 Å². The molecule has 0 radical (unpaired) electrons. The average Bonchev–Trinajstić information content (AvgIpc) is 3.46. The van der Waals surface area contributed by atoms with Crippen molar-refractivity contribution < 1.29 is 18.7 Å². The van der Waals surface area contributed by atoms with Gasteiger partial charge in [0, 0.05) is 36.1 Å². The monoisotopic (exact) mass is 464 g/mol. The van der Waals surface area contributed by atoms with Crippen LogP contribution in [0.3, 0.4) is 0 Å². The van der Waals surface area contributed by atoms with Crippen LogP contribution in [-0.2, 0) is 4.74 Å². The maximum absolute atomic E-state index is 13.2. The summed E-state index contributed by atoms with van der Waals surface area (Å²) >= 11 is 0. The van der Waals surface area contributed by atoms with E-state index in [4.69, 9.17) is 10.5 Å². The zero-order valence-electron chi connectivity index (χ0n) is 18.9. The summed E-state index contributed by atoms with van der Waals surface area (Å²) in [7, 11) is 0. The van der Waals surface area contributed by atoms with E-state index in [2.05, 4.69) is 15.2 Å². The van der Waals surface area contributed by atoms with E-state index in [-0.39, 0.29) is 23.9 Å². The Morgan fingerprint density at radius 2 is 1.74 bits per heavy atom.